The van der Waals surface area contributed by atoms with Crippen molar-refractivity contribution < 1.29 is 9.53 Å². The van der Waals surface area contributed by atoms with Gasteiger partial charge in [-0.3, -0.25) is 0 Å². The molecule has 0 fully saturated rings. The van der Waals surface area contributed by atoms with Crippen LogP contribution in [0.5, 0.6) is 5.75 Å². The van der Waals surface area contributed by atoms with Gasteiger partial charge in [-0.1, -0.05) is 6.07 Å². The maximum Gasteiger partial charge on any atom is 0.319 e. The Hall–Kier alpha value is -3.35. The van der Waals surface area contributed by atoms with Crippen molar-refractivity contribution in [3.63, 3.8) is 0 Å². The molecular formula is C20H23N5O2. The standard InChI is InChI=1S/C20H23N5O2/c1-4-27-18-8-6-17(7-9-18)23-20(26)22-13-16-5-10-19(21-12-16)25-15(3)11-14(2)24-25/h5-12H,4,13H2,1-3H3,(H2,22,23,26). The third kappa shape index (κ3) is 4.84. The van der Waals surface area contributed by atoms with Crippen LogP contribution in [0.25, 0.3) is 5.82 Å². The number of nitrogens with zero attached hydrogens (tertiary/aromatic N) is 3. The fourth-order valence-electron chi connectivity index (χ4n) is 2.67. The van der Waals surface area contributed by atoms with E-state index in [2.05, 4.69) is 20.7 Å². The number of aromatic nitrogens is 3. The van der Waals surface area contributed by atoms with E-state index < -0.39 is 0 Å². The van der Waals surface area contributed by atoms with Crippen LogP contribution in [0.15, 0.2) is 48.7 Å². The van der Waals surface area contributed by atoms with Crippen LogP contribution in [0.3, 0.4) is 0 Å². The molecular weight excluding hydrogens is 342 g/mol. The molecule has 0 aliphatic rings. The Balaban J connectivity index is 1.53. The van der Waals surface area contributed by atoms with E-state index in [4.69, 9.17) is 4.74 Å². The number of aryl methyl sites for hydroxylation is 2. The van der Waals surface area contributed by atoms with Gasteiger partial charge in [-0.15, -0.1) is 0 Å². The molecule has 0 saturated heterocycles. The number of amides is 2. The molecule has 140 valence electrons. The van der Waals surface area contributed by atoms with E-state index in [0.717, 1.165) is 28.5 Å². The molecule has 0 unspecified atom stereocenters. The molecule has 0 aliphatic carbocycles. The molecule has 2 heterocycles. The lowest BCUT2D eigenvalue weighted by atomic mass is 10.3. The van der Waals surface area contributed by atoms with Crippen LogP contribution < -0.4 is 15.4 Å². The maximum atomic E-state index is 12.0. The number of ether oxygens (including phenoxy) is 1. The van der Waals surface area contributed by atoms with E-state index in [1.54, 1.807) is 23.0 Å². The number of hydrogen-bond donors (Lipinski definition) is 2. The number of carbonyl (C=O) groups excluding carboxylic acids is 1. The minimum Gasteiger partial charge on any atom is -0.494 e. The lowest BCUT2D eigenvalue weighted by Gasteiger charge is -2.09. The van der Waals surface area contributed by atoms with Crippen molar-refractivity contribution in [1.29, 1.82) is 0 Å². The molecule has 7 nitrogen and oxygen atoms in total. The molecule has 0 bridgehead atoms. The zero-order chi connectivity index (χ0) is 19.2. The number of benzene rings is 1. The summed E-state index contributed by atoms with van der Waals surface area (Å²) in [6.45, 7) is 6.86. The van der Waals surface area contributed by atoms with Crippen LogP contribution in [0.1, 0.15) is 23.9 Å². The monoisotopic (exact) mass is 365 g/mol. The van der Waals surface area contributed by atoms with Gasteiger partial charge in [-0.05, 0) is 62.7 Å². The Morgan fingerprint density at radius 1 is 1.15 bits per heavy atom. The topological polar surface area (TPSA) is 81.1 Å². The van der Waals surface area contributed by atoms with Gasteiger partial charge in [0.25, 0.3) is 0 Å². The highest BCUT2D eigenvalue weighted by atomic mass is 16.5. The molecule has 1 aromatic carbocycles. The van der Waals surface area contributed by atoms with Crippen LogP contribution in [0.2, 0.25) is 0 Å². The molecule has 27 heavy (non-hydrogen) atoms. The molecule has 0 spiro atoms. The summed E-state index contributed by atoms with van der Waals surface area (Å²) in [5.74, 6) is 1.53. The van der Waals surface area contributed by atoms with Gasteiger partial charge in [-0.2, -0.15) is 5.10 Å². The second kappa shape index (κ2) is 8.35. The summed E-state index contributed by atoms with van der Waals surface area (Å²) in [4.78, 5) is 16.5. The lowest BCUT2D eigenvalue weighted by Crippen LogP contribution is -2.28. The first-order chi connectivity index (χ1) is 13.0. The number of rotatable bonds is 6. The molecule has 2 N–H and O–H groups in total. The second-order valence-corrected chi connectivity index (χ2v) is 6.13. The van der Waals surface area contributed by atoms with Crippen LogP contribution >= 0.6 is 0 Å². The van der Waals surface area contributed by atoms with E-state index in [-0.39, 0.29) is 6.03 Å². The summed E-state index contributed by atoms with van der Waals surface area (Å²) in [5.41, 5.74) is 3.59. The summed E-state index contributed by atoms with van der Waals surface area (Å²) in [5, 5.41) is 10.0. The van der Waals surface area contributed by atoms with Crippen LogP contribution in [0, 0.1) is 13.8 Å². The molecule has 2 amide bonds. The van der Waals surface area contributed by atoms with E-state index >= 15 is 0 Å². The number of urea groups is 1. The Morgan fingerprint density at radius 2 is 1.93 bits per heavy atom. The highest BCUT2D eigenvalue weighted by molar-refractivity contribution is 5.89. The molecule has 0 saturated carbocycles. The summed E-state index contributed by atoms with van der Waals surface area (Å²) < 4.78 is 7.18. The minimum absolute atomic E-state index is 0.276. The first-order valence-corrected chi connectivity index (χ1v) is 8.81. The molecule has 3 rings (SSSR count). The Morgan fingerprint density at radius 3 is 2.52 bits per heavy atom. The third-order valence-electron chi connectivity index (χ3n) is 3.91. The summed E-state index contributed by atoms with van der Waals surface area (Å²) in [6.07, 6.45) is 1.74. The van der Waals surface area contributed by atoms with Crippen molar-refractivity contribution in [2.75, 3.05) is 11.9 Å². The first-order valence-electron chi connectivity index (χ1n) is 8.81. The maximum absolute atomic E-state index is 12.0. The Bertz CT molecular complexity index is 901. The third-order valence-corrected chi connectivity index (χ3v) is 3.91. The van der Waals surface area contributed by atoms with Gasteiger partial charge < -0.3 is 15.4 Å². The van der Waals surface area contributed by atoms with E-state index in [9.17, 15) is 4.79 Å². The van der Waals surface area contributed by atoms with Gasteiger partial charge >= 0.3 is 6.03 Å². The summed E-state index contributed by atoms with van der Waals surface area (Å²) >= 11 is 0. The van der Waals surface area contributed by atoms with Crippen molar-refractivity contribution in [2.24, 2.45) is 0 Å². The second-order valence-electron chi connectivity index (χ2n) is 6.13. The van der Waals surface area contributed by atoms with Gasteiger partial charge in [0.05, 0.1) is 12.3 Å². The molecule has 0 aliphatic heterocycles. The Labute approximate surface area is 158 Å². The molecule has 0 atom stereocenters. The molecule has 2 aromatic heterocycles. The van der Waals surface area contributed by atoms with Crippen LogP contribution in [-0.2, 0) is 6.54 Å². The fourth-order valence-corrected chi connectivity index (χ4v) is 2.67. The van der Waals surface area contributed by atoms with Crippen molar-refractivity contribution in [3.8, 4) is 11.6 Å². The average Bonchev–Trinajstić information content (AvgIpc) is 3.00. The van der Waals surface area contributed by atoms with E-state index in [1.165, 1.54) is 0 Å². The summed E-state index contributed by atoms with van der Waals surface area (Å²) in [6, 6.07) is 12.8. The van der Waals surface area contributed by atoms with Gasteiger partial charge in [0, 0.05) is 24.1 Å². The zero-order valence-electron chi connectivity index (χ0n) is 15.7. The van der Waals surface area contributed by atoms with Gasteiger partial charge in [0.2, 0.25) is 0 Å². The molecule has 7 heteroatoms. The van der Waals surface area contributed by atoms with Crippen molar-refractivity contribution >= 4 is 11.7 Å². The predicted octanol–water partition coefficient (Wildman–Crippen LogP) is 3.60. The first kappa shape index (κ1) is 18.4. The lowest BCUT2D eigenvalue weighted by molar-refractivity contribution is 0.251. The number of carbonyl (C=O) groups is 1. The van der Waals surface area contributed by atoms with Crippen molar-refractivity contribution in [1.82, 2.24) is 20.1 Å². The van der Waals surface area contributed by atoms with Crippen LogP contribution in [-0.4, -0.2) is 27.4 Å². The van der Waals surface area contributed by atoms with Gasteiger partial charge in [0.15, 0.2) is 5.82 Å². The smallest absolute Gasteiger partial charge is 0.319 e. The minimum atomic E-state index is -0.276. The Kier molecular flexibility index (Phi) is 5.71. The average molecular weight is 365 g/mol. The number of anilines is 1. The van der Waals surface area contributed by atoms with Gasteiger partial charge in [0.1, 0.15) is 5.75 Å². The highest BCUT2D eigenvalue weighted by Gasteiger charge is 2.06. The quantitative estimate of drug-likeness (QED) is 0.699. The number of nitrogens with one attached hydrogen (secondary N) is 2. The van der Waals surface area contributed by atoms with Crippen LogP contribution in [0.4, 0.5) is 10.5 Å². The van der Waals surface area contributed by atoms with Crippen molar-refractivity contribution in [2.45, 2.75) is 27.3 Å². The SMILES string of the molecule is CCOc1ccc(NC(=O)NCc2ccc(-n3nc(C)cc3C)nc2)cc1. The van der Waals surface area contributed by atoms with E-state index in [1.807, 2.05) is 51.1 Å². The molecule has 3 aromatic rings. The highest BCUT2D eigenvalue weighted by Crippen LogP contribution is 2.15. The van der Waals surface area contributed by atoms with E-state index in [0.29, 0.717) is 18.8 Å². The predicted molar refractivity (Wildman–Crippen MR) is 104 cm³/mol. The normalized spacial score (nSPS) is 10.5. The largest absolute Gasteiger partial charge is 0.494 e. The number of pyridine rings is 1. The zero-order valence-corrected chi connectivity index (χ0v) is 15.7. The fraction of sp³-hybridized carbons (Fsp3) is 0.250. The van der Waals surface area contributed by atoms with Crippen molar-refractivity contribution in [3.05, 3.63) is 65.6 Å². The summed E-state index contributed by atoms with van der Waals surface area (Å²) in [7, 11) is 0. The number of hydrogen-bond acceptors (Lipinski definition) is 4. The van der Waals surface area contributed by atoms with Gasteiger partial charge in [-0.25, -0.2) is 14.5 Å². The molecule has 0 radical (unpaired) electrons.